The van der Waals surface area contributed by atoms with Crippen LogP contribution < -0.4 is 10.6 Å². The van der Waals surface area contributed by atoms with Crippen LogP contribution in [0.15, 0.2) is 49.2 Å². The maximum Gasteiger partial charge on any atom is 0.219 e. The molecule has 0 spiro atoms. The molecule has 2 aliphatic rings. The van der Waals surface area contributed by atoms with Crippen LogP contribution >= 0.6 is 0 Å². The molecule has 2 N–H and O–H groups in total. The van der Waals surface area contributed by atoms with Gasteiger partial charge in [-0.3, -0.25) is 9.88 Å². The minimum Gasteiger partial charge on any atom is -0.377 e. The van der Waals surface area contributed by atoms with Gasteiger partial charge in [0.2, 0.25) is 5.95 Å². The van der Waals surface area contributed by atoms with Crippen LogP contribution in [0.25, 0.3) is 16.9 Å². The number of aromatic nitrogens is 6. The SMILES string of the molecule is C[C@H]1COCCN1c1cc(-c2cnc(N)nc2)nn2c(C3CCN(Cc4cccnc4)CC3)cnc12. The molecule has 1 atom stereocenters. The van der Waals surface area contributed by atoms with Gasteiger partial charge in [0.05, 0.1) is 36.5 Å². The Hall–Kier alpha value is -3.63. The van der Waals surface area contributed by atoms with Crippen molar-refractivity contribution in [2.24, 2.45) is 0 Å². The van der Waals surface area contributed by atoms with Crippen molar-refractivity contribution in [3.8, 4) is 11.3 Å². The Morgan fingerprint density at radius 3 is 2.64 bits per heavy atom. The van der Waals surface area contributed by atoms with E-state index in [0.29, 0.717) is 19.1 Å². The molecule has 0 unspecified atom stereocenters. The molecule has 10 nitrogen and oxygen atoms in total. The van der Waals surface area contributed by atoms with Gasteiger partial charge in [0, 0.05) is 55.4 Å². The van der Waals surface area contributed by atoms with Crippen LogP contribution in [0.3, 0.4) is 0 Å². The molecule has 4 aromatic heterocycles. The first-order valence-electron chi connectivity index (χ1n) is 12.6. The summed E-state index contributed by atoms with van der Waals surface area (Å²) >= 11 is 0. The molecule has 2 saturated heterocycles. The largest absolute Gasteiger partial charge is 0.377 e. The van der Waals surface area contributed by atoms with Gasteiger partial charge in [0.15, 0.2) is 5.65 Å². The van der Waals surface area contributed by atoms with Crippen molar-refractivity contribution in [3.05, 3.63) is 60.4 Å². The quantitative estimate of drug-likeness (QED) is 0.456. The summed E-state index contributed by atoms with van der Waals surface area (Å²) in [4.78, 5) is 22.4. The number of pyridine rings is 1. The number of likely N-dealkylation sites (tertiary alicyclic amines) is 1. The topological polar surface area (TPSA) is 111 Å². The molecule has 10 heteroatoms. The normalized spacial score (nSPS) is 19.7. The number of ether oxygens (including phenoxy) is 1. The third-order valence-corrected chi connectivity index (χ3v) is 7.25. The molecule has 4 aromatic rings. The molecular weight excluding hydrogens is 454 g/mol. The van der Waals surface area contributed by atoms with E-state index in [0.717, 1.165) is 67.3 Å². The highest BCUT2D eigenvalue weighted by Gasteiger charge is 2.28. The van der Waals surface area contributed by atoms with Crippen LogP contribution in [0.1, 0.15) is 36.9 Å². The second-order valence-corrected chi connectivity index (χ2v) is 9.69. The number of piperidine rings is 1. The van der Waals surface area contributed by atoms with E-state index in [1.54, 1.807) is 12.4 Å². The van der Waals surface area contributed by atoms with Gasteiger partial charge in [-0.2, -0.15) is 5.10 Å². The van der Waals surface area contributed by atoms with Gasteiger partial charge < -0.3 is 15.4 Å². The summed E-state index contributed by atoms with van der Waals surface area (Å²) in [6, 6.07) is 6.49. The Balaban J connectivity index is 1.33. The second kappa shape index (κ2) is 9.79. The van der Waals surface area contributed by atoms with E-state index in [1.807, 2.05) is 29.2 Å². The molecule has 0 aromatic carbocycles. The molecule has 0 amide bonds. The highest BCUT2D eigenvalue weighted by molar-refractivity contribution is 5.75. The van der Waals surface area contributed by atoms with Gasteiger partial charge in [-0.1, -0.05) is 6.07 Å². The number of anilines is 2. The summed E-state index contributed by atoms with van der Waals surface area (Å²) in [7, 11) is 0. The van der Waals surface area contributed by atoms with E-state index in [4.69, 9.17) is 20.6 Å². The fourth-order valence-corrected chi connectivity index (χ4v) is 5.29. The fraction of sp³-hybridized carbons (Fsp3) is 0.423. The van der Waals surface area contributed by atoms with E-state index in [-0.39, 0.29) is 12.0 Å². The van der Waals surface area contributed by atoms with E-state index < -0.39 is 0 Å². The zero-order valence-corrected chi connectivity index (χ0v) is 20.5. The number of hydrogen-bond acceptors (Lipinski definition) is 9. The molecule has 2 fully saturated rings. The summed E-state index contributed by atoms with van der Waals surface area (Å²) in [6.07, 6.45) is 11.4. The van der Waals surface area contributed by atoms with E-state index >= 15 is 0 Å². The Bertz CT molecular complexity index is 1320. The predicted molar refractivity (Wildman–Crippen MR) is 138 cm³/mol. The first-order valence-corrected chi connectivity index (χ1v) is 12.6. The molecule has 6 heterocycles. The highest BCUT2D eigenvalue weighted by atomic mass is 16.5. The number of rotatable bonds is 5. The van der Waals surface area contributed by atoms with Crippen molar-refractivity contribution in [1.82, 2.24) is 34.4 Å². The summed E-state index contributed by atoms with van der Waals surface area (Å²) in [5, 5.41) is 5.03. The first-order chi connectivity index (χ1) is 17.7. The molecule has 0 radical (unpaired) electrons. The average molecular weight is 486 g/mol. The van der Waals surface area contributed by atoms with Crippen LogP contribution in [-0.2, 0) is 11.3 Å². The maximum absolute atomic E-state index is 5.74. The molecule has 0 saturated carbocycles. The Labute approximate surface area is 210 Å². The molecule has 0 aliphatic carbocycles. The van der Waals surface area contributed by atoms with Crippen LogP contribution in [0, 0.1) is 0 Å². The Morgan fingerprint density at radius 1 is 1.06 bits per heavy atom. The lowest BCUT2D eigenvalue weighted by Crippen LogP contribution is -2.44. The monoisotopic (exact) mass is 485 g/mol. The van der Waals surface area contributed by atoms with Gasteiger partial charge in [0.1, 0.15) is 0 Å². The number of imidazole rings is 1. The van der Waals surface area contributed by atoms with Crippen LogP contribution in [0.5, 0.6) is 0 Å². The fourth-order valence-electron chi connectivity index (χ4n) is 5.29. The zero-order chi connectivity index (χ0) is 24.5. The number of fused-ring (bicyclic) bond motifs is 1. The molecule has 0 bridgehead atoms. The minimum absolute atomic E-state index is 0.247. The number of morpholine rings is 1. The van der Waals surface area contributed by atoms with Gasteiger partial charge in [-0.05, 0) is 50.6 Å². The van der Waals surface area contributed by atoms with Crippen molar-refractivity contribution in [2.75, 3.05) is 43.5 Å². The summed E-state index contributed by atoms with van der Waals surface area (Å²) < 4.78 is 7.75. The summed E-state index contributed by atoms with van der Waals surface area (Å²) in [5.41, 5.74) is 11.7. The third-order valence-electron chi connectivity index (χ3n) is 7.25. The van der Waals surface area contributed by atoms with E-state index in [9.17, 15) is 0 Å². The summed E-state index contributed by atoms with van der Waals surface area (Å²) in [6.45, 7) is 7.39. The molecular formula is C26H31N9O. The molecule has 36 heavy (non-hydrogen) atoms. The smallest absolute Gasteiger partial charge is 0.219 e. The van der Waals surface area contributed by atoms with Crippen LogP contribution in [0.2, 0.25) is 0 Å². The predicted octanol–water partition coefficient (Wildman–Crippen LogP) is 2.77. The highest BCUT2D eigenvalue weighted by Crippen LogP contribution is 2.34. The van der Waals surface area contributed by atoms with Crippen LogP contribution in [0.4, 0.5) is 11.6 Å². The third kappa shape index (κ3) is 4.49. The van der Waals surface area contributed by atoms with Crippen molar-refractivity contribution in [2.45, 2.75) is 38.3 Å². The second-order valence-electron chi connectivity index (χ2n) is 9.69. The zero-order valence-electron chi connectivity index (χ0n) is 20.5. The van der Waals surface area contributed by atoms with Gasteiger partial charge >= 0.3 is 0 Å². The standard InChI is InChI=1S/C26H31N9O/c1-18-17-36-10-9-34(18)23-11-22(21-13-30-26(27)31-14-21)32-35-24(15-29-25(23)35)20-4-7-33(8-5-20)16-19-3-2-6-28-12-19/h2-3,6,11-15,18,20H,4-5,7-10,16-17H2,1H3,(H2,27,30,31)/t18-/m0/s1. The van der Waals surface area contributed by atoms with Crippen molar-refractivity contribution >= 4 is 17.3 Å². The number of nitrogens with zero attached hydrogens (tertiary/aromatic N) is 8. The maximum atomic E-state index is 5.74. The van der Waals surface area contributed by atoms with Crippen molar-refractivity contribution in [1.29, 1.82) is 0 Å². The molecule has 2 aliphatic heterocycles. The van der Waals surface area contributed by atoms with E-state index in [1.165, 1.54) is 5.56 Å². The number of nitrogen functional groups attached to an aromatic ring is 1. The molecule has 6 rings (SSSR count). The number of hydrogen-bond donors (Lipinski definition) is 1. The van der Waals surface area contributed by atoms with Crippen molar-refractivity contribution in [3.63, 3.8) is 0 Å². The molecule has 186 valence electrons. The lowest BCUT2D eigenvalue weighted by molar-refractivity contribution is 0.0990. The number of nitrogens with two attached hydrogens (primary N) is 1. The van der Waals surface area contributed by atoms with E-state index in [2.05, 4.69) is 43.8 Å². The average Bonchev–Trinajstić information content (AvgIpc) is 3.34. The minimum atomic E-state index is 0.247. The van der Waals surface area contributed by atoms with Gasteiger partial charge in [-0.15, -0.1) is 0 Å². The van der Waals surface area contributed by atoms with Crippen LogP contribution in [-0.4, -0.2) is 73.3 Å². The lowest BCUT2D eigenvalue weighted by Gasteiger charge is -2.35. The first kappa shape index (κ1) is 22.8. The summed E-state index contributed by atoms with van der Waals surface area (Å²) in [5.74, 6) is 0.647. The Morgan fingerprint density at radius 2 is 1.89 bits per heavy atom. The van der Waals surface area contributed by atoms with Crippen molar-refractivity contribution < 1.29 is 4.74 Å². The van der Waals surface area contributed by atoms with Gasteiger partial charge in [-0.25, -0.2) is 19.5 Å². The van der Waals surface area contributed by atoms with Gasteiger partial charge in [0.25, 0.3) is 0 Å². The Kier molecular flexibility index (Phi) is 6.20. The lowest BCUT2D eigenvalue weighted by atomic mass is 9.94.